The van der Waals surface area contributed by atoms with Gasteiger partial charge in [0.1, 0.15) is 0 Å². The highest BCUT2D eigenvalue weighted by Gasteiger charge is 2.01. The van der Waals surface area contributed by atoms with Crippen molar-refractivity contribution < 1.29 is 43.2 Å². The van der Waals surface area contributed by atoms with Gasteiger partial charge in [0.2, 0.25) is 0 Å². The quantitative estimate of drug-likeness (QED) is 0.0280. The first kappa shape index (κ1) is 51.5. The zero-order chi connectivity index (χ0) is 35.7. The minimum absolute atomic E-state index is 0.997. The Morgan fingerprint density at radius 1 is 0.298 bits per heavy atom. The average Bonchev–Trinajstić information content (AvgIpc) is 2.98. The van der Waals surface area contributed by atoms with Crippen LogP contribution in [0.5, 0.6) is 0 Å². The number of ether oxygens (including phenoxy) is 1. The van der Waals surface area contributed by atoms with Crippen LogP contribution >= 0.6 is 15.6 Å². The fourth-order valence-electron chi connectivity index (χ4n) is 5.61. The van der Waals surface area contributed by atoms with Gasteiger partial charge >= 0.3 is 15.6 Å². The molecule has 0 bridgehead atoms. The highest BCUT2D eigenvalue weighted by atomic mass is 31.2. The Bertz CT molecular complexity index is 586. The van der Waals surface area contributed by atoms with Crippen LogP contribution in [0.25, 0.3) is 0 Å². The van der Waals surface area contributed by atoms with Gasteiger partial charge in [0.25, 0.3) is 0 Å². The highest BCUT2D eigenvalue weighted by molar-refractivity contribution is 7.45. The van der Waals surface area contributed by atoms with Crippen LogP contribution < -0.4 is 0 Å². The van der Waals surface area contributed by atoms with Crippen molar-refractivity contribution in [1.82, 2.24) is 0 Å². The molecule has 0 aliphatic rings. The van der Waals surface area contributed by atoms with Crippen molar-refractivity contribution in [2.45, 2.75) is 219 Å². The Hall–Kier alpha value is 0.180. The van der Waals surface area contributed by atoms with E-state index in [-0.39, 0.29) is 0 Å². The van der Waals surface area contributed by atoms with Crippen molar-refractivity contribution in [2.24, 2.45) is 0 Å². The molecule has 6 N–H and O–H groups in total. The molecule has 288 valence electrons. The lowest BCUT2D eigenvalue weighted by molar-refractivity contribution is 0.125. The first-order chi connectivity index (χ1) is 22.4. The van der Waals surface area contributed by atoms with E-state index in [9.17, 15) is 0 Å². The normalized spacial score (nSPS) is 11.6. The zero-order valence-electron chi connectivity index (χ0n) is 30.8. The monoisotopic (exact) mass is 719 g/mol. The SMILES string of the molecule is CCCCCCCCCCCCCCCCCCOCCCCCCCCCCCCCCCCCC.O=P(O)(O)O.O=P(O)(O)O. The number of unbranched alkanes of at least 4 members (excludes halogenated alkanes) is 30. The molecule has 9 nitrogen and oxygen atoms in total. The molecular weight excluding hydrogens is 638 g/mol. The molecule has 0 amide bonds. The topological polar surface area (TPSA) is 165 Å². The number of phosphoric acid groups is 2. The van der Waals surface area contributed by atoms with Gasteiger partial charge < -0.3 is 34.1 Å². The molecule has 11 heteroatoms. The summed E-state index contributed by atoms with van der Waals surface area (Å²) in [6.45, 7) is 6.60. The van der Waals surface area contributed by atoms with Crippen LogP contribution in [0.3, 0.4) is 0 Å². The van der Waals surface area contributed by atoms with E-state index in [1.165, 1.54) is 205 Å². The van der Waals surface area contributed by atoms with E-state index in [2.05, 4.69) is 13.8 Å². The van der Waals surface area contributed by atoms with Crippen LogP contribution in [0.2, 0.25) is 0 Å². The fraction of sp³-hybridized carbons (Fsp3) is 1.00. The van der Waals surface area contributed by atoms with Crippen molar-refractivity contribution in [1.29, 1.82) is 0 Å². The Kier molecular flexibility index (Phi) is 46.4. The third-order valence-corrected chi connectivity index (χ3v) is 8.28. The van der Waals surface area contributed by atoms with E-state index in [4.69, 9.17) is 43.2 Å². The Morgan fingerprint density at radius 2 is 0.426 bits per heavy atom. The molecule has 0 rings (SSSR count). The molecular formula is C36H80O9P2. The van der Waals surface area contributed by atoms with Crippen molar-refractivity contribution in [3.63, 3.8) is 0 Å². The van der Waals surface area contributed by atoms with Gasteiger partial charge in [-0.25, -0.2) is 9.13 Å². The number of hydrogen-bond donors (Lipinski definition) is 6. The average molecular weight is 719 g/mol. The molecule has 0 aliphatic carbocycles. The van der Waals surface area contributed by atoms with Gasteiger partial charge in [-0.2, -0.15) is 0 Å². The van der Waals surface area contributed by atoms with Crippen molar-refractivity contribution in [3.8, 4) is 0 Å². The van der Waals surface area contributed by atoms with Crippen molar-refractivity contribution >= 4 is 15.6 Å². The first-order valence-electron chi connectivity index (χ1n) is 19.6. The first-order valence-corrected chi connectivity index (χ1v) is 22.7. The van der Waals surface area contributed by atoms with Crippen molar-refractivity contribution in [2.75, 3.05) is 13.2 Å². The maximum Gasteiger partial charge on any atom is 0.466 e. The molecule has 0 heterocycles. The second kappa shape index (κ2) is 42.3. The summed E-state index contributed by atoms with van der Waals surface area (Å²) in [5.41, 5.74) is 0. The Balaban J connectivity index is -0.00000167. The molecule has 47 heavy (non-hydrogen) atoms. The van der Waals surface area contributed by atoms with Crippen LogP contribution in [-0.4, -0.2) is 42.6 Å². The predicted octanol–water partition coefficient (Wildman–Crippen LogP) is 11.7. The lowest BCUT2D eigenvalue weighted by atomic mass is 10.0. The largest absolute Gasteiger partial charge is 0.466 e. The lowest BCUT2D eigenvalue weighted by Crippen LogP contribution is -1.97. The number of rotatable bonds is 34. The smallest absolute Gasteiger partial charge is 0.381 e. The summed E-state index contributed by atoms with van der Waals surface area (Å²) < 4.78 is 23.6. The molecule has 0 aromatic carbocycles. The van der Waals surface area contributed by atoms with Gasteiger partial charge in [-0.15, -0.1) is 0 Å². The van der Waals surface area contributed by atoms with Gasteiger partial charge in [0.05, 0.1) is 0 Å². The fourth-order valence-corrected chi connectivity index (χ4v) is 5.61. The van der Waals surface area contributed by atoms with Gasteiger partial charge in [-0.3, -0.25) is 0 Å². The third kappa shape index (κ3) is 77.2. The minimum Gasteiger partial charge on any atom is -0.381 e. The molecule has 0 saturated carbocycles. The van der Waals surface area contributed by atoms with Crippen LogP contribution in [0.15, 0.2) is 0 Å². The number of hydrogen-bond acceptors (Lipinski definition) is 3. The van der Waals surface area contributed by atoms with Crippen molar-refractivity contribution in [3.05, 3.63) is 0 Å². The summed E-state index contributed by atoms with van der Waals surface area (Å²) in [4.78, 5) is 43.1. The van der Waals surface area contributed by atoms with Gasteiger partial charge in [-0.05, 0) is 12.8 Å². The predicted molar refractivity (Wildman–Crippen MR) is 198 cm³/mol. The lowest BCUT2D eigenvalue weighted by Gasteiger charge is -2.06. The second-order valence-electron chi connectivity index (χ2n) is 13.2. The highest BCUT2D eigenvalue weighted by Crippen LogP contribution is 2.26. The molecule has 0 atom stereocenters. The molecule has 0 saturated heterocycles. The van der Waals surface area contributed by atoms with E-state index < -0.39 is 15.6 Å². The summed E-state index contributed by atoms with van der Waals surface area (Å²) in [6.07, 6.45) is 46.0. The Morgan fingerprint density at radius 3 is 0.574 bits per heavy atom. The third-order valence-electron chi connectivity index (χ3n) is 8.28. The molecule has 0 aromatic heterocycles. The molecule has 0 unspecified atom stereocenters. The molecule has 0 fully saturated rings. The molecule has 0 aliphatic heterocycles. The molecule has 0 spiro atoms. The summed E-state index contributed by atoms with van der Waals surface area (Å²) in [5.74, 6) is 0. The van der Waals surface area contributed by atoms with Crippen LogP contribution in [0, 0.1) is 0 Å². The van der Waals surface area contributed by atoms with E-state index in [1.807, 2.05) is 0 Å². The van der Waals surface area contributed by atoms with E-state index in [1.54, 1.807) is 0 Å². The summed E-state index contributed by atoms with van der Waals surface area (Å²) in [6, 6.07) is 0. The second-order valence-corrected chi connectivity index (χ2v) is 15.3. The minimum atomic E-state index is -4.64. The van der Waals surface area contributed by atoms with E-state index >= 15 is 0 Å². The van der Waals surface area contributed by atoms with Gasteiger partial charge in [0, 0.05) is 13.2 Å². The van der Waals surface area contributed by atoms with E-state index in [0.29, 0.717) is 0 Å². The summed E-state index contributed by atoms with van der Waals surface area (Å²) >= 11 is 0. The van der Waals surface area contributed by atoms with Gasteiger partial charge in [0.15, 0.2) is 0 Å². The molecule has 0 radical (unpaired) electrons. The van der Waals surface area contributed by atoms with E-state index in [0.717, 1.165) is 13.2 Å². The van der Waals surface area contributed by atoms with Gasteiger partial charge in [-0.1, -0.05) is 206 Å². The standard InChI is InChI=1S/C36H74O.2H3O4P/c1-3-5-7-9-11-13-15-17-19-21-23-25-27-29-31-33-35-37-36-34-32-30-28-26-24-22-20-18-16-14-12-10-8-6-4-2;2*1-5(2,3)4/h3-36H2,1-2H3;2*(H3,1,2,3,4). The molecule has 0 aromatic rings. The van der Waals surface area contributed by atoms with Crippen LogP contribution in [0.4, 0.5) is 0 Å². The maximum atomic E-state index is 8.88. The van der Waals surface area contributed by atoms with Crippen LogP contribution in [-0.2, 0) is 13.9 Å². The van der Waals surface area contributed by atoms with Crippen LogP contribution in [0.1, 0.15) is 219 Å². The summed E-state index contributed by atoms with van der Waals surface area (Å²) in [5, 5.41) is 0. The maximum absolute atomic E-state index is 8.88. The zero-order valence-corrected chi connectivity index (χ0v) is 32.6. The Labute approximate surface area is 291 Å². The summed E-state index contributed by atoms with van der Waals surface area (Å²) in [7, 11) is -9.28.